The van der Waals surface area contributed by atoms with E-state index in [9.17, 15) is 8.42 Å². The van der Waals surface area contributed by atoms with Gasteiger partial charge in [-0.3, -0.25) is 0 Å². The molecule has 1 aliphatic heterocycles. The van der Waals surface area contributed by atoms with Crippen LogP contribution < -0.4 is 5.32 Å². The summed E-state index contributed by atoms with van der Waals surface area (Å²) in [6, 6.07) is 6.82. The Morgan fingerprint density at radius 3 is 2.55 bits per heavy atom. The molecule has 0 saturated heterocycles. The molecule has 1 aliphatic rings. The van der Waals surface area contributed by atoms with E-state index in [0.29, 0.717) is 17.8 Å². The van der Waals surface area contributed by atoms with Gasteiger partial charge in [-0.15, -0.1) is 0 Å². The van der Waals surface area contributed by atoms with Crippen LogP contribution in [-0.4, -0.2) is 26.7 Å². The number of halogens is 1. The Kier molecular flexibility index (Phi) is 5.07. The van der Waals surface area contributed by atoms with Gasteiger partial charge in [0.25, 0.3) is 0 Å². The van der Waals surface area contributed by atoms with Gasteiger partial charge in [-0.2, -0.15) is 0 Å². The highest BCUT2D eigenvalue weighted by molar-refractivity contribution is 7.97. The molecule has 1 aromatic carbocycles. The van der Waals surface area contributed by atoms with Crippen molar-refractivity contribution in [1.82, 2.24) is 5.32 Å². The van der Waals surface area contributed by atoms with Crippen molar-refractivity contribution in [3.63, 3.8) is 0 Å². The number of unbranched alkanes of at least 4 members (excludes halogenated alkanes) is 3. The van der Waals surface area contributed by atoms with Crippen molar-refractivity contribution in [2.45, 2.75) is 30.6 Å². The minimum absolute atomic E-state index is 0.117. The van der Waals surface area contributed by atoms with Gasteiger partial charge >= 0.3 is 0 Å². The van der Waals surface area contributed by atoms with Gasteiger partial charge in [-0.25, -0.2) is 8.42 Å². The van der Waals surface area contributed by atoms with Crippen LogP contribution in [0.15, 0.2) is 33.5 Å². The number of sulfone groups is 1. The Labute approximate surface area is 124 Å². The van der Waals surface area contributed by atoms with Crippen molar-refractivity contribution in [1.29, 1.82) is 0 Å². The molecule has 1 heterocycles. The summed E-state index contributed by atoms with van der Waals surface area (Å²) in [5.74, 6) is 0. The molecule has 0 atom stereocenters. The van der Waals surface area contributed by atoms with Gasteiger partial charge in [0, 0.05) is 18.7 Å². The molecule has 0 spiro atoms. The van der Waals surface area contributed by atoms with Crippen LogP contribution in [-0.2, 0) is 9.84 Å². The van der Waals surface area contributed by atoms with Crippen LogP contribution in [0.25, 0.3) is 5.70 Å². The van der Waals surface area contributed by atoms with E-state index < -0.39 is 9.84 Å². The van der Waals surface area contributed by atoms with Crippen LogP contribution in [0.5, 0.6) is 0 Å². The second kappa shape index (κ2) is 6.61. The molecule has 0 fully saturated rings. The van der Waals surface area contributed by atoms with Gasteiger partial charge in [-0.05, 0) is 18.9 Å². The fourth-order valence-electron chi connectivity index (χ4n) is 2.21. The first-order valence-corrected chi connectivity index (χ1v) is 8.54. The maximum Gasteiger partial charge on any atom is 0.220 e. The number of aliphatic hydroxyl groups excluding tert-OH is 1. The summed E-state index contributed by atoms with van der Waals surface area (Å²) in [5.41, 5.74) is 1.15. The van der Waals surface area contributed by atoms with E-state index in [2.05, 4.69) is 5.32 Å². The molecule has 0 aromatic heterocycles. The van der Waals surface area contributed by atoms with Gasteiger partial charge in [0.2, 0.25) is 9.84 Å². The molecule has 2 rings (SSSR count). The number of hydrogen-bond acceptors (Lipinski definition) is 4. The highest BCUT2D eigenvalue weighted by Crippen LogP contribution is 2.39. The van der Waals surface area contributed by atoms with Gasteiger partial charge < -0.3 is 10.4 Å². The maximum absolute atomic E-state index is 12.1. The first-order chi connectivity index (χ1) is 9.59. The van der Waals surface area contributed by atoms with E-state index >= 15 is 0 Å². The molecule has 0 aliphatic carbocycles. The van der Waals surface area contributed by atoms with Gasteiger partial charge in [0.15, 0.2) is 4.36 Å². The lowest BCUT2D eigenvalue weighted by molar-refractivity contribution is 0.282. The Bertz CT molecular complexity index is 611. The summed E-state index contributed by atoms with van der Waals surface area (Å²) in [6.45, 7) is 0.886. The minimum Gasteiger partial charge on any atom is -0.396 e. The standard InChI is InChI=1S/C14H18ClNO3S/c15-14-13(16-9-5-1-2-6-10-17)11-7-3-4-8-12(11)20(14,18)19/h3-4,7-8,16-17H,1-2,5-6,9-10H2. The summed E-state index contributed by atoms with van der Waals surface area (Å²) in [6.07, 6.45) is 3.68. The molecule has 2 N–H and O–H groups in total. The average molecular weight is 316 g/mol. The summed E-state index contributed by atoms with van der Waals surface area (Å²) in [4.78, 5) is 0.271. The van der Waals surface area contributed by atoms with Crippen LogP contribution in [0.4, 0.5) is 0 Å². The Balaban J connectivity index is 2.03. The zero-order chi connectivity index (χ0) is 14.6. The molecular formula is C14H18ClNO3S. The van der Waals surface area contributed by atoms with Gasteiger partial charge in [0.05, 0.1) is 10.6 Å². The number of benzene rings is 1. The molecule has 0 radical (unpaired) electrons. The molecule has 1 aromatic rings. The molecule has 0 bridgehead atoms. The third kappa shape index (κ3) is 3.00. The minimum atomic E-state index is -3.54. The molecular weight excluding hydrogens is 298 g/mol. The van der Waals surface area contributed by atoms with E-state index in [4.69, 9.17) is 16.7 Å². The predicted octanol–water partition coefficient (Wildman–Crippen LogP) is 2.48. The highest BCUT2D eigenvalue weighted by Gasteiger charge is 2.34. The zero-order valence-corrected chi connectivity index (χ0v) is 12.7. The largest absolute Gasteiger partial charge is 0.396 e. The number of aliphatic hydroxyl groups is 1. The van der Waals surface area contributed by atoms with Crippen molar-refractivity contribution in [2.75, 3.05) is 13.2 Å². The maximum atomic E-state index is 12.1. The Morgan fingerprint density at radius 2 is 1.80 bits per heavy atom. The third-order valence-electron chi connectivity index (χ3n) is 3.27. The summed E-state index contributed by atoms with van der Waals surface area (Å²) in [5, 5.41) is 11.8. The number of fused-ring (bicyclic) bond motifs is 1. The number of rotatable bonds is 7. The topological polar surface area (TPSA) is 66.4 Å². The predicted molar refractivity (Wildman–Crippen MR) is 80.0 cm³/mol. The van der Waals surface area contributed by atoms with Crippen molar-refractivity contribution >= 4 is 27.1 Å². The van der Waals surface area contributed by atoms with E-state index in [0.717, 1.165) is 25.7 Å². The zero-order valence-electron chi connectivity index (χ0n) is 11.1. The fraction of sp³-hybridized carbons (Fsp3) is 0.429. The van der Waals surface area contributed by atoms with Crippen molar-refractivity contribution in [3.8, 4) is 0 Å². The number of hydrogen-bond donors (Lipinski definition) is 2. The quantitative estimate of drug-likeness (QED) is 0.759. The van der Waals surface area contributed by atoms with Crippen LogP contribution in [0.2, 0.25) is 0 Å². The lowest BCUT2D eigenvalue weighted by Crippen LogP contribution is -2.13. The van der Waals surface area contributed by atoms with Gasteiger partial charge in [0.1, 0.15) is 0 Å². The monoisotopic (exact) mass is 315 g/mol. The molecule has 0 amide bonds. The van der Waals surface area contributed by atoms with Crippen LogP contribution in [0.3, 0.4) is 0 Å². The van der Waals surface area contributed by atoms with E-state index in [1.807, 2.05) is 0 Å². The average Bonchev–Trinajstić information content (AvgIpc) is 2.64. The SMILES string of the molecule is O=S1(=O)C(Cl)=C(NCCCCCCO)c2ccccc21. The molecule has 0 unspecified atom stereocenters. The molecule has 0 saturated carbocycles. The lowest BCUT2D eigenvalue weighted by atomic mass is 10.1. The van der Waals surface area contributed by atoms with Crippen LogP contribution in [0.1, 0.15) is 31.2 Å². The van der Waals surface area contributed by atoms with Crippen molar-refractivity contribution < 1.29 is 13.5 Å². The molecule has 6 heteroatoms. The molecule has 110 valence electrons. The van der Waals surface area contributed by atoms with E-state index in [1.165, 1.54) is 0 Å². The summed E-state index contributed by atoms with van der Waals surface area (Å²) < 4.78 is 24.1. The molecule has 20 heavy (non-hydrogen) atoms. The van der Waals surface area contributed by atoms with Crippen LogP contribution >= 0.6 is 11.6 Å². The summed E-state index contributed by atoms with van der Waals surface area (Å²) in [7, 11) is -3.54. The van der Waals surface area contributed by atoms with Crippen LogP contribution in [0, 0.1) is 0 Å². The first kappa shape index (κ1) is 15.4. The highest BCUT2D eigenvalue weighted by atomic mass is 35.5. The van der Waals surface area contributed by atoms with E-state index in [1.54, 1.807) is 24.3 Å². The molecule has 4 nitrogen and oxygen atoms in total. The fourth-order valence-corrected chi connectivity index (χ4v) is 3.99. The number of nitrogens with one attached hydrogen (secondary N) is 1. The normalized spacial score (nSPS) is 16.3. The second-order valence-corrected chi connectivity index (χ2v) is 7.17. The lowest BCUT2D eigenvalue weighted by Gasteiger charge is -2.08. The van der Waals surface area contributed by atoms with Crippen molar-refractivity contribution in [3.05, 3.63) is 34.2 Å². The third-order valence-corrected chi connectivity index (χ3v) is 5.67. The summed E-state index contributed by atoms with van der Waals surface area (Å²) >= 11 is 5.99. The first-order valence-electron chi connectivity index (χ1n) is 6.68. The Hall–Kier alpha value is -1.04. The van der Waals surface area contributed by atoms with E-state index in [-0.39, 0.29) is 15.9 Å². The second-order valence-electron chi connectivity index (χ2n) is 4.71. The smallest absolute Gasteiger partial charge is 0.220 e. The Morgan fingerprint density at radius 1 is 1.10 bits per heavy atom. The van der Waals surface area contributed by atoms with Crippen molar-refractivity contribution in [2.24, 2.45) is 0 Å². The van der Waals surface area contributed by atoms with Gasteiger partial charge in [-0.1, -0.05) is 42.6 Å².